The second kappa shape index (κ2) is 10.7. The first-order valence-electron chi connectivity index (χ1n) is 14.7. The maximum atomic E-state index is 14.6. The highest BCUT2D eigenvalue weighted by atomic mass is 19.1. The summed E-state index contributed by atoms with van der Waals surface area (Å²) in [6.45, 7) is 7.44. The second-order valence-electron chi connectivity index (χ2n) is 12.9. The summed E-state index contributed by atoms with van der Waals surface area (Å²) < 4.78 is 28.2. The molecule has 0 radical (unpaired) electrons. The molecule has 1 aromatic carbocycles. The van der Waals surface area contributed by atoms with Gasteiger partial charge in [0.05, 0.1) is 5.56 Å². The highest BCUT2D eigenvalue weighted by Crippen LogP contribution is 2.63. The lowest BCUT2D eigenvalue weighted by atomic mass is 9.43. The molecule has 2 bridgehead atoms. The first-order valence-corrected chi connectivity index (χ1v) is 14.7. The Balaban J connectivity index is 1.39. The molecular weight excluding hydrogens is 534 g/mol. The van der Waals surface area contributed by atoms with Gasteiger partial charge in [-0.1, -0.05) is 20.8 Å². The molecule has 7 rings (SSSR count). The molecule has 218 valence electrons. The van der Waals surface area contributed by atoms with Crippen molar-refractivity contribution in [3.8, 4) is 0 Å². The van der Waals surface area contributed by atoms with Crippen LogP contribution in [-0.4, -0.2) is 38.6 Å². The first kappa shape index (κ1) is 28.2. The fraction of sp³-hybridized carbons (Fsp3) is 0.412. The van der Waals surface area contributed by atoms with E-state index in [1.165, 1.54) is 12.5 Å². The van der Waals surface area contributed by atoms with Crippen LogP contribution >= 0.6 is 0 Å². The van der Waals surface area contributed by atoms with Gasteiger partial charge in [0.1, 0.15) is 23.0 Å². The summed E-state index contributed by atoms with van der Waals surface area (Å²) in [6, 6.07) is 10.4. The first-order chi connectivity index (χ1) is 20.1. The number of aromatic nitrogens is 2. The summed E-state index contributed by atoms with van der Waals surface area (Å²) in [5.74, 6) is -0.210. The van der Waals surface area contributed by atoms with Crippen LogP contribution in [0.1, 0.15) is 55.1 Å². The molecule has 1 saturated heterocycles. The van der Waals surface area contributed by atoms with Crippen LogP contribution < -0.4 is 5.32 Å². The lowest BCUT2D eigenvalue weighted by molar-refractivity contribution is -0.142. The summed E-state index contributed by atoms with van der Waals surface area (Å²) in [5.41, 5.74) is 0.811. The number of hydrogen-bond acceptors (Lipinski definition) is 5. The van der Waals surface area contributed by atoms with Crippen LogP contribution in [0.5, 0.6) is 0 Å². The van der Waals surface area contributed by atoms with Gasteiger partial charge in [0.25, 0.3) is 5.91 Å². The van der Waals surface area contributed by atoms with E-state index in [0.717, 1.165) is 29.7 Å². The maximum Gasteiger partial charge on any atom is 0.254 e. The monoisotopic (exact) mass is 570 g/mol. The zero-order valence-electron chi connectivity index (χ0n) is 24.2. The number of pyridine rings is 2. The van der Waals surface area contributed by atoms with Crippen LogP contribution in [0.3, 0.4) is 0 Å². The number of fused-ring (bicyclic) bond motifs is 2. The van der Waals surface area contributed by atoms with Gasteiger partial charge in [0.2, 0.25) is 0 Å². The summed E-state index contributed by atoms with van der Waals surface area (Å²) in [5, 5.41) is 3.46. The number of benzene rings is 1. The zero-order chi connectivity index (χ0) is 29.6. The number of amides is 1. The molecule has 3 aromatic rings. The van der Waals surface area contributed by atoms with Gasteiger partial charge < -0.3 is 5.32 Å². The molecule has 1 aliphatic heterocycles. The molecule has 4 unspecified atom stereocenters. The summed E-state index contributed by atoms with van der Waals surface area (Å²) in [4.78, 5) is 38.0. The Labute approximate surface area is 245 Å². The molecule has 1 amide bonds. The molecule has 42 heavy (non-hydrogen) atoms. The molecule has 0 spiro atoms. The molecule has 1 N–H and O–H groups in total. The molecule has 4 atom stereocenters. The quantitative estimate of drug-likeness (QED) is 0.276. The molecule has 8 heteroatoms. The van der Waals surface area contributed by atoms with Crippen LogP contribution in [-0.2, 0) is 17.6 Å². The minimum Gasteiger partial charge on any atom is -0.357 e. The summed E-state index contributed by atoms with van der Waals surface area (Å²) >= 11 is 0. The predicted molar refractivity (Wildman–Crippen MR) is 155 cm³/mol. The third-order valence-corrected chi connectivity index (χ3v) is 10.2. The summed E-state index contributed by atoms with van der Waals surface area (Å²) in [7, 11) is 0. The van der Waals surface area contributed by atoms with Crippen LogP contribution in [0.4, 0.5) is 8.78 Å². The molecule has 3 saturated carbocycles. The standard InChI is InChI=1S/C34H36F2N4O2/c1-21-24(14-25-15-28(21)33(25,2)3)20-40-31(17-30(41)27-5-4-26(35)16-29(27)36)39-34(32(40)42,18-22-6-10-37-11-7-22)19-23-8-12-38-13-9-23/h4-13,16-17,21,24-25,28,39H,14-15,18-20H2,1-3H3. The van der Waals surface area contributed by atoms with Gasteiger partial charge in [-0.15, -0.1) is 0 Å². The highest BCUT2D eigenvalue weighted by Gasteiger charge is 2.57. The minimum absolute atomic E-state index is 0.125. The normalized spacial score (nSPS) is 26.5. The second-order valence-corrected chi connectivity index (χ2v) is 12.9. The van der Waals surface area contributed by atoms with Crippen molar-refractivity contribution < 1.29 is 18.4 Å². The number of ketones is 1. The number of rotatable bonds is 8. The minimum atomic E-state index is -1.09. The van der Waals surface area contributed by atoms with Crippen molar-refractivity contribution >= 4 is 11.7 Å². The van der Waals surface area contributed by atoms with Crippen molar-refractivity contribution in [1.82, 2.24) is 20.2 Å². The Morgan fingerprint density at radius 3 is 2.17 bits per heavy atom. The average molecular weight is 571 g/mol. The van der Waals surface area contributed by atoms with Crippen molar-refractivity contribution in [2.24, 2.45) is 29.1 Å². The van der Waals surface area contributed by atoms with Crippen molar-refractivity contribution in [2.45, 2.75) is 52.0 Å². The molecule has 2 aromatic heterocycles. The molecule has 3 heterocycles. The SMILES string of the molecule is CC1C(CN2C(=O)C(Cc3ccncc3)(Cc3ccncc3)NC2=CC(=O)c2ccc(F)cc2F)CC2CC1C2(C)C. The van der Waals surface area contributed by atoms with Gasteiger partial charge in [-0.25, -0.2) is 8.78 Å². The largest absolute Gasteiger partial charge is 0.357 e. The number of nitrogens with zero attached hydrogens (tertiary/aromatic N) is 3. The van der Waals surface area contributed by atoms with E-state index in [2.05, 4.69) is 36.1 Å². The zero-order valence-corrected chi connectivity index (χ0v) is 24.2. The number of allylic oxidation sites excluding steroid dienone is 1. The Morgan fingerprint density at radius 2 is 1.62 bits per heavy atom. The van der Waals surface area contributed by atoms with Crippen LogP contribution in [0.2, 0.25) is 0 Å². The van der Waals surface area contributed by atoms with Crippen molar-refractivity contribution in [3.63, 3.8) is 0 Å². The van der Waals surface area contributed by atoms with E-state index >= 15 is 0 Å². The maximum absolute atomic E-state index is 14.6. The van der Waals surface area contributed by atoms with Crippen LogP contribution in [0, 0.1) is 40.7 Å². The van der Waals surface area contributed by atoms with Gasteiger partial charge in [-0.3, -0.25) is 24.5 Å². The Hall–Kier alpha value is -3.94. The predicted octanol–water partition coefficient (Wildman–Crippen LogP) is 5.75. The van der Waals surface area contributed by atoms with Gasteiger partial charge in [-0.2, -0.15) is 0 Å². The lowest BCUT2D eigenvalue weighted by Crippen LogP contribution is -2.57. The van der Waals surface area contributed by atoms with E-state index in [9.17, 15) is 18.4 Å². The molecular formula is C34H36F2N4O2. The van der Waals surface area contributed by atoms with Crippen molar-refractivity contribution in [3.05, 3.63) is 107 Å². The van der Waals surface area contributed by atoms with Gasteiger partial charge in [0, 0.05) is 56.3 Å². The van der Waals surface area contributed by atoms with Gasteiger partial charge in [0.15, 0.2) is 5.78 Å². The Morgan fingerprint density at radius 1 is 1.00 bits per heavy atom. The van der Waals surface area contributed by atoms with Gasteiger partial charge >= 0.3 is 0 Å². The van der Waals surface area contributed by atoms with Gasteiger partial charge in [-0.05, 0) is 89.5 Å². The number of carbonyl (C=O) groups is 2. The number of carbonyl (C=O) groups excluding carboxylic acids is 2. The lowest BCUT2D eigenvalue weighted by Gasteiger charge is -2.62. The van der Waals surface area contributed by atoms with E-state index in [1.54, 1.807) is 29.7 Å². The Bertz CT molecular complexity index is 1480. The third-order valence-electron chi connectivity index (χ3n) is 10.2. The molecule has 3 aliphatic carbocycles. The Kier molecular flexibility index (Phi) is 7.19. The van der Waals surface area contributed by atoms with E-state index in [-0.39, 0.29) is 17.4 Å². The van der Waals surface area contributed by atoms with Crippen LogP contribution in [0.15, 0.2) is 79.1 Å². The fourth-order valence-corrected chi connectivity index (χ4v) is 7.65. The van der Waals surface area contributed by atoms with Crippen molar-refractivity contribution in [1.29, 1.82) is 0 Å². The molecule has 4 fully saturated rings. The third kappa shape index (κ3) is 5.01. The number of nitrogens with one attached hydrogen (secondary N) is 1. The van der Waals surface area contributed by atoms with Crippen LogP contribution in [0.25, 0.3) is 0 Å². The highest BCUT2D eigenvalue weighted by molar-refractivity contribution is 6.06. The van der Waals surface area contributed by atoms with Crippen molar-refractivity contribution in [2.75, 3.05) is 6.54 Å². The topological polar surface area (TPSA) is 75.2 Å². The van der Waals surface area contributed by atoms with E-state index < -0.39 is 23.0 Å². The fourth-order valence-electron chi connectivity index (χ4n) is 7.65. The summed E-state index contributed by atoms with van der Waals surface area (Å²) in [6.07, 6.45) is 11.0. The van der Waals surface area contributed by atoms with E-state index in [4.69, 9.17) is 0 Å². The number of halogens is 2. The molecule has 4 aliphatic rings. The van der Waals surface area contributed by atoms with E-state index in [0.29, 0.717) is 54.4 Å². The molecule has 6 nitrogen and oxygen atoms in total. The average Bonchev–Trinajstić information content (AvgIpc) is 3.19. The van der Waals surface area contributed by atoms with E-state index in [1.807, 2.05) is 24.3 Å². The smallest absolute Gasteiger partial charge is 0.254 e. The number of hydrogen-bond donors (Lipinski definition) is 1.